The fraction of sp³-hybridized carbons (Fsp3) is 0.250. The van der Waals surface area contributed by atoms with Crippen LogP contribution in [0.25, 0.3) is 0 Å². The molecule has 0 radical (unpaired) electrons. The molecule has 0 aromatic heterocycles. The lowest BCUT2D eigenvalue weighted by molar-refractivity contribution is 0.338. The van der Waals surface area contributed by atoms with Gasteiger partial charge >= 0.3 is 0 Å². The smallest absolute Gasteiger partial charge is 0.267 e. The molecule has 0 amide bonds. The van der Waals surface area contributed by atoms with E-state index in [2.05, 4.69) is 4.18 Å². The molecule has 78 valence electrons. The minimum Gasteiger partial charge on any atom is -0.267 e. The normalized spacial score (nSPS) is 11.6. The second-order valence-electron chi connectivity index (χ2n) is 2.47. The van der Waals surface area contributed by atoms with Crippen molar-refractivity contribution in [3.63, 3.8) is 0 Å². The molecule has 0 aliphatic heterocycles. The van der Waals surface area contributed by atoms with E-state index in [0.29, 0.717) is 0 Å². The largest absolute Gasteiger partial charge is 0.297 e. The van der Waals surface area contributed by atoms with Gasteiger partial charge in [0, 0.05) is 10.0 Å². The maximum Gasteiger partial charge on any atom is 0.297 e. The van der Waals surface area contributed by atoms with Gasteiger partial charge in [-0.25, -0.2) is 0 Å². The summed E-state index contributed by atoms with van der Waals surface area (Å²) in [5, 5.41) is 0.520. The summed E-state index contributed by atoms with van der Waals surface area (Å²) >= 11 is 11.3. The minimum atomic E-state index is -3.72. The van der Waals surface area contributed by atoms with Gasteiger partial charge in [-0.05, 0) is 25.1 Å². The van der Waals surface area contributed by atoms with E-state index in [1.165, 1.54) is 18.2 Å². The monoisotopic (exact) mass is 254 g/mol. The number of benzene rings is 1. The number of halogens is 2. The van der Waals surface area contributed by atoms with Gasteiger partial charge in [-0.2, -0.15) is 8.42 Å². The fourth-order valence-electron chi connectivity index (χ4n) is 0.896. The van der Waals surface area contributed by atoms with E-state index in [0.717, 1.165) is 0 Å². The van der Waals surface area contributed by atoms with Crippen LogP contribution in [0.5, 0.6) is 0 Å². The molecule has 0 bridgehead atoms. The Balaban J connectivity index is 3.19. The quantitative estimate of drug-likeness (QED) is 0.780. The van der Waals surface area contributed by atoms with Crippen LogP contribution in [-0.2, 0) is 14.3 Å². The van der Waals surface area contributed by atoms with Gasteiger partial charge in [0.1, 0.15) is 0 Å². The highest BCUT2D eigenvalue weighted by Gasteiger charge is 2.15. The van der Waals surface area contributed by atoms with Crippen molar-refractivity contribution in [2.45, 2.75) is 11.8 Å². The third kappa shape index (κ3) is 2.85. The van der Waals surface area contributed by atoms with Crippen molar-refractivity contribution in [3.8, 4) is 0 Å². The number of rotatable bonds is 3. The molecule has 3 nitrogen and oxygen atoms in total. The van der Waals surface area contributed by atoms with E-state index in [1.54, 1.807) is 6.92 Å². The molecule has 0 spiro atoms. The van der Waals surface area contributed by atoms with Crippen LogP contribution in [0.1, 0.15) is 6.92 Å². The highest BCUT2D eigenvalue weighted by Crippen LogP contribution is 2.23. The lowest BCUT2D eigenvalue weighted by Crippen LogP contribution is -2.05. The van der Waals surface area contributed by atoms with E-state index in [-0.39, 0.29) is 21.5 Å². The second-order valence-corrected chi connectivity index (χ2v) is 4.95. The van der Waals surface area contributed by atoms with Gasteiger partial charge in [0.25, 0.3) is 10.1 Å². The van der Waals surface area contributed by atoms with Gasteiger partial charge in [-0.3, -0.25) is 4.18 Å². The number of hydrogen-bond donors (Lipinski definition) is 0. The van der Waals surface area contributed by atoms with Gasteiger partial charge in [-0.1, -0.05) is 23.2 Å². The van der Waals surface area contributed by atoms with Crippen molar-refractivity contribution in [2.24, 2.45) is 0 Å². The van der Waals surface area contributed by atoms with Crippen molar-refractivity contribution in [1.82, 2.24) is 0 Å². The molecule has 14 heavy (non-hydrogen) atoms. The zero-order valence-electron chi connectivity index (χ0n) is 7.33. The molecule has 1 aromatic rings. The van der Waals surface area contributed by atoms with Crippen LogP contribution in [0.3, 0.4) is 0 Å². The molecule has 0 aliphatic rings. The molecular formula is C8H8Cl2O3S. The summed E-state index contributed by atoms with van der Waals surface area (Å²) in [6, 6.07) is 4.03. The molecule has 1 rings (SSSR count). The van der Waals surface area contributed by atoms with E-state index < -0.39 is 10.1 Å². The van der Waals surface area contributed by atoms with Gasteiger partial charge in [-0.15, -0.1) is 0 Å². The Morgan fingerprint density at radius 3 is 2.14 bits per heavy atom. The van der Waals surface area contributed by atoms with Crippen molar-refractivity contribution in [2.75, 3.05) is 6.61 Å². The van der Waals surface area contributed by atoms with Gasteiger partial charge in [0.15, 0.2) is 0 Å². The third-order valence-corrected chi connectivity index (χ3v) is 3.19. The summed E-state index contributed by atoms with van der Waals surface area (Å²) in [7, 11) is -3.72. The van der Waals surface area contributed by atoms with E-state index in [9.17, 15) is 8.42 Å². The van der Waals surface area contributed by atoms with Gasteiger partial charge in [0.2, 0.25) is 0 Å². The Kier molecular flexibility index (Phi) is 3.78. The van der Waals surface area contributed by atoms with Crippen LogP contribution in [-0.4, -0.2) is 15.0 Å². The zero-order valence-corrected chi connectivity index (χ0v) is 9.66. The van der Waals surface area contributed by atoms with Gasteiger partial charge < -0.3 is 0 Å². The standard InChI is InChI=1S/C8H8Cl2O3S/c1-2-13-14(11,12)8-4-6(9)3-7(10)5-8/h3-5H,2H2,1H3. The van der Waals surface area contributed by atoms with Crippen molar-refractivity contribution >= 4 is 33.3 Å². The molecule has 0 aliphatic carbocycles. The first-order chi connectivity index (χ1) is 6.45. The Morgan fingerprint density at radius 1 is 1.21 bits per heavy atom. The van der Waals surface area contributed by atoms with Gasteiger partial charge in [0.05, 0.1) is 11.5 Å². The average Bonchev–Trinajstić information content (AvgIpc) is 2.02. The van der Waals surface area contributed by atoms with Crippen molar-refractivity contribution in [3.05, 3.63) is 28.2 Å². The minimum absolute atomic E-state index is 0.0307. The first-order valence-corrected chi connectivity index (χ1v) is 5.97. The maximum atomic E-state index is 11.4. The van der Waals surface area contributed by atoms with Crippen molar-refractivity contribution < 1.29 is 12.6 Å². The summed E-state index contributed by atoms with van der Waals surface area (Å²) in [6.45, 7) is 1.66. The molecule has 0 saturated carbocycles. The van der Waals surface area contributed by atoms with Crippen LogP contribution in [0.15, 0.2) is 23.1 Å². The van der Waals surface area contributed by atoms with Crippen molar-refractivity contribution in [1.29, 1.82) is 0 Å². The molecule has 0 saturated heterocycles. The van der Waals surface area contributed by atoms with E-state index >= 15 is 0 Å². The Bertz CT molecular complexity index is 408. The molecular weight excluding hydrogens is 247 g/mol. The lowest BCUT2D eigenvalue weighted by Gasteiger charge is -2.04. The first-order valence-electron chi connectivity index (χ1n) is 3.81. The van der Waals surface area contributed by atoms with Crippen LogP contribution in [0, 0.1) is 0 Å². The molecule has 0 N–H and O–H groups in total. The molecule has 0 fully saturated rings. The lowest BCUT2D eigenvalue weighted by atomic mass is 10.4. The van der Waals surface area contributed by atoms with E-state index in [1.807, 2.05) is 0 Å². The van der Waals surface area contributed by atoms with E-state index in [4.69, 9.17) is 23.2 Å². The number of hydrogen-bond acceptors (Lipinski definition) is 3. The van der Waals surface area contributed by atoms with Crippen LogP contribution in [0.2, 0.25) is 10.0 Å². The zero-order chi connectivity index (χ0) is 10.8. The molecule has 1 aromatic carbocycles. The second kappa shape index (κ2) is 4.49. The molecule has 6 heteroatoms. The summed E-state index contributed by atoms with van der Waals surface area (Å²) in [5.41, 5.74) is 0. The van der Waals surface area contributed by atoms with Crippen LogP contribution >= 0.6 is 23.2 Å². The highest BCUT2D eigenvalue weighted by atomic mass is 35.5. The predicted octanol–water partition coefficient (Wildman–Crippen LogP) is 2.72. The Labute approximate surface area is 92.7 Å². The molecule has 0 heterocycles. The third-order valence-electron chi connectivity index (χ3n) is 1.40. The first kappa shape index (κ1) is 11.8. The summed E-state index contributed by atoms with van der Waals surface area (Å²) in [4.78, 5) is -0.0307. The fourth-order valence-corrected chi connectivity index (χ4v) is 2.54. The average molecular weight is 255 g/mol. The topological polar surface area (TPSA) is 43.4 Å². The SMILES string of the molecule is CCOS(=O)(=O)c1cc(Cl)cc(Cl)c1. The summed E-state index contributed by atoms with van der Waals surface area (Å²) < 4.78 is 27.4. The van der Waals surface area contributed by atoms with Crippen LogP contribution in [0.4, 0.5) is 0 Å². The Hall–Kier alpha value is -0.290. The maximum absolute atomic E-state index is 11.4. The summed E-state index contributed by atoms with van der Waals surface area (Å²) in [6.07, 6.45) is 0. The highest BCUT2D eigenvalue weighted by molar-refractivity contribution is 7.86. The van der Waals surface area contributed by atoms with Crippen LogP contribution < -0.4 is 0 Å². The Morgan fingerprint density at radius 2 is 1.71 bits per heavy atom. The molecule has 0 unspecified atom stereocenters. The molecule has 0 atom stereocenters. The predicted molar refractivity (Wildman–Crippen MR) is 55.3 cm³/mol. The summed E-state index contributed by atoms with van der Waals surface area (Å²) in [5.74, 6) is 0.